The zero-order chi connectivity index (χ0) is 22.9. The quantitative estimate of drug-likeness (QED) is 0.227. The third-order valence-corrected chi connectivity index (χ3v) is 5.02. The monoisotopic (exact) mass is 428 g/mol. The largest absolute Gasteiger partial charge is 0.493 e. The van der Waals surface area contributed by atoms with Gasteiger partial charge in [-0.2, -0.15) is 0 Å². The second-order valence-electron chi connectivity index (χ2n) is 7.45. The minimum atomic E-state index is -0.749. The summed E-state index contributed by atoms with van der Waals surface area (Å²) in [6.45, 7) is 6.05. The number of ether oxygens (including phenoxy) is 2. The van der Waals surface area contributed by atoms with Gasteiger partial charge in [-0.3, -0.25) is 15.2 Å². The van der Waals surface area contributed by atoms with E-state index >= 15 is 0 Å². The van der Waals surface area contributed by atoms with E-state index in [2.05, 4.69) is 22.5 Å². The third kappa shape index (κ3) is 6.41. The van der Waals surface area contributed by atoms with Crippen molar-refractivity contribution in [1.82, 2.24) is 5.32 Å². The zero-order valence-corrected chi connectivity index (χ0v) is 18.7. The molecule has 0 atom stereocenters. The molecule has 1 amide bonds. The van der Waals surface area contributed by atoms with Crippen LogP contribution in [0.2, 0.25) is 0 Å². The van der Waals surface area contributed by atoms with E-state index in [1.54, 1.807) is 31.3 Å². The van der Waals surface area contributed by atoms with Crippen molar-refractivity contribution < 1.29 is 19.1 Å². The van der Waals surface area contributed by atoms with Crippen LogP contribution in [0.25, 0.3) is 0 Å². The maximum atomic E-state index is 12.3. The molecule has 8 nitrogen and oxygen atoms in total. The van der Waals surface area contributed by atoms with E-state index in [0.717, 1.165) is 19.3 Å². The van der Waals surface area contributed by atoms with Crippen LogP contribution in [0.4, 0.5) is 5.69 Å². The molecule has 0 unspecified atom stereocenters. The van der Waals surface area contributed by atoms with Gasteiger partial charge >= 0.3 is 5.97 Å². The standard InChI is InChI=1S/C23H32N4O4/c1-5-7-13-25-16(3)14-20(28)26-21(24)18-15-17(9-10-19(18)31-6-2)27-23(11-8-12-23)22(29)30-4/h9-10,13-15,27H,5-8,11-12H2,1-4H3,(H2,24,26,28)/b16-14+,25-13+. The number of amidine groups is 1. The highest BCUT2D eigenvalue weighted by Crippen LogP contribution is 2.37. The number of unbranched alkanes of at least 4 members (excludes halogenated alkanes) is 1. The predicted octanol–water partition coefficient (Wildman–Crippen LogP) is 3.81. The Morgan fingerprint density at radius 3 is 2.61 bits per heavy atom. The second-order valence-corrected chi connectivity index (χ2v) is 7.45. The Morgan fingerprint density at radius 2 is 2.03 bits per heavy atom. The number of esters is 1. The van der Waals surface area contributed by atoms with Gasteiger partial charge in [0.25, 0.3) is 5.91 Å². The van der Waals surface area contributed by atoms with Crippen molar-refractivity contribution in [1.29, 1.82) is 5.41 Å². The number of benzene rings is 1. The van der Waals surface area contributed by atoms with Crippen LogP contribution in [-0.2, 0) is 14.3 Å². The first-order chi connectivity index (χ1) is 14.8. The summed E-state index contributed by atoms with van der Waals surface area (Å²) in [7, 11) is 1.38. The fourth-order valence-electron chi connectivity index (χ4n) is 3.26. The summed E-state index contributed by atoms with van der Waals surface area (Å²) in [4.78, 5) is 28.7. The molecule has 0 aromatic heterocycles. The molecule has 168 valence electrons. The molecule has 1 aromatic rings. The number of methoxy groups -OCH3 is 1. The van der Waals surface area contributed by atoms with Crippen LogP contribution in [0.5, 0.6) is 5.75 Å². The van der Waals surface area contributed by atoms with E-state index in [0.29, 0.717) is 42.1 Å². The van der Waals surface area contributed by atoms with Gasteiger partial charge in [-0.25, -0.2) is 4.79 Å². The maximum absolute atomic E-state index is 12.3. The second kappa shape index (κ2) is 11.3. The molecule has 0 saturated heterocycles. The molecular formula is C23H32N4O4. The fraction of sp³-hybridized carbons (Fsp3) is 0.478. The highest BCUT2D eigenvalue weighted by Gasteiger charge is 2.45. The minimum Gasteiger partial charge on any atom is -0.493 e. The molecule has 0 aliphatic heterocycles. The van der Waals surface area contributed by atoms with Crippen molar-refractivity contribution in [2.75, 3.05) is 19.0 Å². The Morgan fingerprint density at radius 1 is 1.29 bits per heavy atom. The molecule has 1 aliphatic carbocycles. The van der Waals surface area contributed by atoms with Gasteiger partial charge in [0.2, 0.25) is 0 Å². The summed E-state index contributed by atoms with van der Waals surface area (Å²) >= 11 is 0. The van der Waals surface area contributed by atoms with Crippen LogP contribution < -0.4 is 15.4 Å². The van der Waals surface area contributed by atoms with Gasteiger partial charge in [-0.1, -0.05) is 13.3 Å². The zero-order valence-electron chi connectivity index (χ0n) is 18.7. The lowest BCUT2D eigenvalue weighted by molar-refractivity contribution is -0.149. The first kappa shape index (κ1) is 24.1. The number of carbonyl (C=O) groups is 2. The molecule has 0 spiro atoms. The first-order valence-electron chi connectivity index (χ1n) is 10.6. The number of allylic oxidation sites excluding steroid dienone is 1. The van der Waals surface area contributed by atoms with Crippen molar-refractivity contribution in [3.8, 4) is 5.75 Å². The van der Waals surface area contributed by atoms with Gasteiger partial charge in [0.15, 0.2) is 0 Å². The first-order valence-corrected chi connectivity index (χ1v) is 10.6. The average molecular weight is 429 g/mol. The van der Waals surface area contributed by atoms with Crippen molar-refractivity contribution in [2.24, 2.45) is 4.99 Å². The van der Waals surface area contributed by atoms with Crippen LogP contribution in [-0.4, -0.2) is 43.2 Å². The summed E-state index contributed by atoms with van der Waals surface area (Å²) < 4.78 is 10.6. The van der Waals surface area contributed by atoms with E-state index in [9.17, 15) is 9.59 Å². The number of nitrogens with one attached hydrogen (secondary N) is 3. The lowest BCUT2D eigenvalue weighted by Crippen LogP contribution is -2.52. The number of rotatable bonds is 10. The molecule has 1 aromatic carbocycles. The smallest absolute Gasteiger partial charge is 0.331 e. The maximum Gasteiger partial charge on any atom is 0.331 e. The molecule has 8 heteroatoms. The normalized spacial score (nSPS) is 15.2. The number of carbonyl (C=O) groups excluding carboxylic acids is 2. The summed E-state index contributed by atoms with van der Waals surface area (Å²) in [5.74, 6) is -0.371. The van der Waals surface area contributed by atoms with Crippen molar-refractivity contribution in [3.63, 3.8) is 0 Å². The van der Waals surface area contributed by atoms with E-state index in [1.165, 1.54) is 13.2 Å². The average Bonchev–Trinajstić information content (AvgIpc) is 2.71. The molecule has 2 rings (SSSR count). The molecule has 0 radical (unpaired) electrons. The molecule has 0 heterocycles. The Bertz CT molecular complexity index is 872. The predicted molar refractivity (Wildman–Crippen MR) is 122 cm³/mol. The summed E-state index contributed by atoms with van der Waals surface area (Å²) in [5, 5.41) is 14.2. The van der Waals surface area contributed by atoms with E-state index in [1.807, 2.05) is 6.92 Å². The molecule has 0 bridgehead atoms. The number of amides is 1. The molecule has 3 N–H and O–H groups in total. The SMILES string of the molecule is CCC/C=N/C(C)=C/C(=O)NC(=N)c1cc(NC2(C(=O)OC)CCC2)ccc1OCC. The topological polar surface area (TPSA) is 113 Å². The van der Waals surface area contributed by atoms with Gasteiger partial charge in [0.05, 0.1) is 19.3 Å². The number of hydrogen-bond acceptors (Lipinski definition) is 7. The van der Waals surface area contributed by atoms with Gasteiger partial charge in [0, 0.05) is 23.7 Å². The highest BCUT2D eigenvalue weighted by atomic mass is 16.5. The summed E-state index contributed by atoms with van der Waals surface area (Å²) in [5.41, 5.74) is 0.878. The van der Waals surface area contributed by atoms with Crippen molar-refractivity contribution in [3.05, 3.63) is 35.5 Å². The number of hydrogen-bond donors (Lipinski definition) is 3. The van der Waals surface area contributed by atoms with Crippen LogP contribution in [0.1, 0.15) is 58.4 Å². The molecule has 31 heavy (non-hydrogen) atoms. The van der Waals surface area contributed by atoms with Crippen LogP contribution in [0, 0.1) is 5.41 Å². The van der Waals surface area contributed by atoms with Crippen LogP contribution in [0.3, 0.4) is 0 Å². The minimum absolute atomic E-state index is 0.0978. The molecule has 1 fully saturated rings. The van der Waals surface area contributed by atoms with E-state index < -0.39 is 11.4 Å². The molecule has 1 aliphatic rings. The lowest BCUT2D eigenvalue weighted by atomic mass is 9.76. The van der Waals surface area contributed by atoms with Crippen LogP contribution in [0.15, 0.2) is 35.0 Å². The third-order valence-electron chi connectivity index (χ3n) is 5.02. The highest BCUT2D eigenvalue weighted by molar-refractivity contribution is 6.11. The van der Waals surface area contributed by atoms with Gasteiger partial charge < -0.3 is 20.1 Å². The van der Waals surface area contributed by atoms with Gasteiger partial charge in [0.1, 0.15) is 17.1 Å². The van der Waals surface area contributed by atoms with E-state index in [-0.39, 0.29) is 11.8 Å². The Kier molecular flexibility index (Phi) is 8.78. The van der Waals surface area contributed by atoms with Crippen molar-refractivity contribution >= 4 is 29.6 Å². The number of nitrogens with zero attached hydrogens (tertiary/aromatic N) is 1. The molecular weight excluding hydrogens is 396 g/mol. The fourth-order valence-corrected chi connectivity index (χ4v) is 3.26. The number of aliphatic imine (C=N–C) groups is 1. The van der Waals surface area contributed by atoms with Crippen LogP contribution >= 0.6 is 0 Å². The van der Waals surface area contributed by atoms with Crippen molar-refractivity contribution in [2.45, 2.75) is 58.4 Å². The summed E-state index contributed by atoms with van der Waals surface area (Å²) in [6.07, 6.45) is 7.24. The van der Waals surface area contributed by atoms with Gasteiger partial charge in [-0.15, -0.1) is 0 Å². The Balaban J connectivity index is 2.20. The van der Waals surface area contributed by atoms with E-state index in [4.69, 9.17) is 14.9 Å². The number of anilines is 1. The summed E-state index contributed by atoms with van der Waals surface area (Å²) in [6, 6.07) is 5.22. The lowest BCUT2D eigenvalue weighted by Gasteiger charge is -2.40. The molecule has 1 saturated carbocycles. The Hall–Kier alpha value is -3.16. The van der Waals surface area contributed by atoms with Gasteiger partial charge in [-0.05, 0) is 57.7 Å². The Labute approximate surface area is 183 Å².